The van der Waals surface area contributed by atoms with E-state index in [1.165, 1.54) is 18.4 Å². The first-order valence-corrected chi connectivity index (χ1v) is 8.60. The third-order valence-electron chi connectivity index (χ3n) is 3.27. The zero-order chi connectivity index (χ0) is 16.6. The van der Waals surface area contributed by atoms with Crippen LogP contribution in [0.4, 0.5) is 0 Å². The van der Waals surface area contributed by atoms with E-state index >= 15 is 0 Å². The Hall–Kier alpha value is -1.35. The Morgan fingerprint density at radius 3 is 2.32 bits per heavy atom. The monoisotopic (exact) mass is 307 g/mol. The van der Waals surface area contributed by atoms with Crippen LogP contribution < -0.4 is 0 Å². The van der Waals surface area contributed by atoms with Gasteiger partial charge in [-0.2, -0.15) is 0 Å². The molecule has 3 heteroatoms. The molecule has 0 spiro atoms. The molecule has 1 aromatic carbocycles. The lowest BCUT2D eigenvalue weighted by atomic mass is 10.1. The van der Waals surface area contributed by atoms with Gasteiger partial charge in [0.2, 0.25) is 0 Å². The van der Waals surface area contributed by atoms with E-state index in [4.69, 9.17) is 4.74 Å². The summed E-state index contributed by atoms with van der Waals surface area (Å²) in [5.74, 6) is -0.0614. The van der Waals surface area contributed by atoms with Gasteiger partial charge < -0.3 is 9.64 Å². The number of unbranched alkanes of at least 4 members (excludes halogenated alkanes) is 3. The number of ether oxygens (including phenoxy) is 1. The highest BCUT2D eigenvalue weighted by atomic mass is 16.5. The van der Waals surface area contributed by atoms with Gasteiger partial charge in [-0.1, -0.05) is 57.0 Å². The number of hydrogen-bond acceptors (Lipinski definition) is 3. The van der Waals surface area contributed by atoms with Crippen LogP contribution in [0.15, 0.2) is 30.3 Å². The molecule has 3 nitrogen and oxygen atoms in total. The Balaban J connectivity index is 0.00000211. The lowest BCUT2D eigenvalue weighted by Crippen LogP contribution is -2.18. The molecular weight excluding hydrogens is 274 g/mol. The SMILES string of the molecule is CC.CCOC(=O)CCCCCCN(C)Cc1ccccc1. The molecule has 0 atom stereocenters. The number of esters is 1. The van der Waals surface area contributed by atoms with Crippen molar-refractivity contribution in [3.05, 3.63) is 35.9 Å². The first kappa shape index (κ1) is 20.6. The molecule has 0 bridgehead atoms. The molecule has 0 fully saturated rings. The number of hydrogen-bond donors (Lipinski definition) is 0. The largest absolute Gasteiger partial charge is 0.466 e. The molecule has 0 radical (unpaired) electrons. The molecule has 0 saturated carbocycles. The first-order chi connectivity index (χ1) is 10.7. The molecule has 0 aromatic heterocycles. The Bertz CT molecular complexity index is 365. The lowest BCUT2D eigenvalue weighted by Gasteiger charge is -2.16. The molecule has 0 aliphatic carbocycles. The van der Waals surface area contributed by atoms with Crippen molar-refractivity contribution in [3.63, 3.8) is 0 Å². The van der Waals surface area contributed by atoms with Crippen LogP contribution in [0.3, 0.4) is 0 Å². The van der Waals surface area contributed by atoms with Gasteiger partial charge in [0.15, 0.2) is 0 Å². The summed E-state index contributed by atoms with van der Waals surface area (Å²) >= 11 is 0. The summed E-state index contributed by atoms with van der Waals surface area (Å²) in [5.41, 5.74) is 1.36. The van der Waals surface area contributed by atoms with Crippen molar-refractivity contribution in [3.8, 4) is 0 Å². The van der Waals surface area contributed by atoms with Gasteiger partial charge in [0.1, 0.15) is 0 Å². The summed E-state index contributed by atoms with van der Waals surface area (Å²) in [6.45, 7) is 8.45. The summed E-state index contributed by atoms with van der Waals surface area (Å²) < 4.78 is 4.91. The summed E-state index contributed by atoms with van der Waals surface area (Å²) in [7, 11) is 2.16. The minimum atomic E-state index is -0.0614. The number of carbonyl (C=O) groups is 1. The number of benzene rings is 1. The van der Waals surface area contributed by atoms with Crippen LogP contribution in [-0.2, 0) is 16.1 Å². The molecule has 0 N–H and O–H groups in total. The lowest BCUT2D eigenvalue weighted by molar-refractivity contribution is -0.143. The van der Waals surface area contributed by atoms with Crippen molar-refractivity contribution >= 4 is 5.97 Å². The molecule has 1 rings (SSSR count). The van der Waals surface area contributed by atoms with Crippen LogP contribution in [0, 0.1) is 0 Å². The quantitative estimate of drug-likeness (QED) is 0.465. The van der Waals surface area contributed by atoms with Gasteiger partial charge in [0.25, 0.3) is 0 Å². The minimum absolute atomic E-state index is 0.0614. The highest BCUT2D eigenvalue weighted by Crippen LogP contribution is 2.07. The van der Waals surface area contributed by atoms with Crippen molar-refractivity contribution < 1.29 is 9.53 Å². The molecular formula is C19H33NO2. The fraction of sp³-hybridized carbons (Fsp3) is 0.632. The molecule has 0 saturated heterocycles. The van der Waals surface area contributed by atoms with Gasteiger partial charge in [-0.15, -0.1) is 0 Å². The maximum absolute atomic E-state index is 11.2. The smallest absolute Gasteiger partial charge is 0.305 e. The molecule has 0 heterocycles. The zero-order valence-electron chi connectivity index (χ0n) is 14.8. The fourth-order valence-electron chi connectivity index (χ4n) is 2.21. The van der Waals surface area contributed by atoms with E-state index in [1.807, 2.05) is 26.8 Å². The van der Waals surface area contributed by atoms with Gasteiger partial charge in [-0.3, -0.25) is 4.79 Å². The topological polar surface area (TPSA) is 29.5 Å². The Morgan fingerprint density at radius 1 is 1.05 bits per heavy atom. The van der Waals surface area contributed by atoms with E-state index < -0.39 is 0 Å². The highest BCUT2D eigenvalue weighted by molar-refractivity contribution is 5.69. The first-order valence-electron chi connectivity index (χ1n) is 8.60. The van der Waals surface area contributed by atoms with Crippen LogP contribution in [0.25, 0.3) is 0 Å². The summed E-state index contributed by atoms with van der Waals surface area (Å²) in [6, 6.07) is 10.5. The second-order valence-electron chi connectivity index (χ2n) is 5.19. The molecule has 126 valence electrons. The van der Waals surface area contributed by atoms with Crippen LogP contribution >= 0.6 is 0 Å². The van der Waals surface area contributed by atoms with Crippen molar-refractivity contribution in [1.29, 1.82) is 0 Å². The number of rotatable bonds is 10. The van der Waals surface area contributed by atoms with Crippen molar-refractivity contribution in [2.75, 3.05) is 20.2 Å². The van der Waals surface area contributed by atoms with E-state index in [0.29, 0.717) is 13.0 Å². The summed E-state index contributed by atoms with van der Waals surface area (Å²) in [4.78, 5) is 13.5. The Morgan fingerprint density at radius 2 is 1.68 bits per heavy atom. The normalized spacial score (nSPS) is 10.0. The Kier molecular flexibility index (Phi) is 13.7. The molecule has 0 unspecified atom stereocenters. The van der Waals surface area contributed by atoms with E-state index in [9.17, 15) is 4.79 Å². The third kappa shape index (κ3) is 11.3. The van der Waals surface area contributed by atoms with Gasteiger partial charge in [-0.05, 0) is 38.9 Å². The van der Waals surface area contributed by atoms with Crippen LogP contribution in [0.1, 0.15) is 58.4 Å². The average Bonchev–Trinajstić information content (AvgIpc) is 2.54. The molecule has 0 aliphatic heterocycles. The van der Waals surface area contributed by atoms with Crippen molar-refractivity contribution in [2.45, 2.75) is 59.4 Å². The molecule has 0 aliphatic rings. The van der Waals surface area contributed by atoms with Gasteiger partial charge in [0.05, 0.1) is 6.61 Å². The van der Waals surface area contributed by atoms with Crippen LogP contribution in [0.2, 0.25) is 0 Å². The second-order valence-corrected chi connectivity index (χ2v) is 5.19. The predicted octanol–water partition coefficient (Wildman–Crippen LogP) is 4.66. The summed E-state index contributed by atoms with van der Waals surface area (Å²) in [5, 5.41) is 0. The maximum atomic E-state index is 11.2. The summed E-state index contributed by atoms with van der Waals surface area (Å²) in [6.07, 6.45) is 4.98. The van der Waals surface area contributed by atoms with Crippen LogP contribution in [-0.4, -0.2) is 31.1 Å². The van der Waals surface area contributed by atoms with Crippen molar-refractivity contribution in [1.82, 2.24) is 4.90 Å². The minimum Gasteiger partial charge on any atom is -0.466 e. The molecule has 22 heavy (non-hydrogen) atoms. The van der Waals surface area contributed by atoms with Crippen molar-refractivity contribution in [2.24, 2.45) is 0 Å². The predicted molar refractivity (Wildman–Crippen MR) is 93.8 cm³/mol. The average molecular weight is 307 g/mol. The third-order valence-corrected chi connectivity index (χ3v) is 3.27. The van der Waals surface area contributed by atoms with E-state index in [0.717, 1.165) is 25.9 Å². The fourth-order valence-corrected chi connectivity index (χ4v) is 2.21. The van der Waals surface area contributed by atoms with Gasteiger partial charge >= 0.3 is 5.97 Å². The Labute approximate surface area is 136 Å². The standard InChI is InChI=1S/C17H27NO2.C2H6/c1-3-20-17(19)13-9-4-5-10-14-18(2)15-16-11-7-6-8-12-16;1-2/h6-8,11-12H,3-5,9-10,13-15H2,1-2H3;1-2H3. The molecule has 1 aromatic rings. The zero-order valence-corrected chi connectivity index (χ0v) is 14.8. The van der Waals surface area contributed by atoms with Crippen LogP contribution in [0.5, 0.6) is 0 Å². The number of carbonyl (C=O) groups excluding carboxylic acids is 1. The maximum Gasteiger partial charge on any atom is 0.305 e. The second kappa shape index (κ2) is 14.6. The number of nitrogens with zero attached hydrogens (tertiary/aromatic N) is 1. The van der Waals surface area contributed by atoms with Gasteiger partial charge in [-0.25, -0.2) is 0 Å². The van der Waals surface area contributed by atoms with E-state index in [1.54, 1.807) is 0 Å². The van der Waals surface area contributed by atoms with E-state index in [-0.39, 0.29) is 5.97 Å². The van der Waals surface area contributed by atoms with Gasteiger partial charge in [0, 0.05) is 13.0 Å². The molecule has 0 amide bonds. The van der Waals surface area contributed by atoms with E-state index in [2.05, 4.69) is 36.2 Å². The highest BCUT2D eigenvalue weighted by Gasteiger charge is 2.02.